The highest BCUT2D eigenvalue weighted by molar-refractivity contribution is 8.00. The van der Waals surface area contributed by atoms with Crippen molar-refractivity contribution in [2.75, 3.05) is 0 Å². The molecule has 0 radical (unpaired) electrons. The van der Waals surface area contributed by atoms with Crippen molar-refractivity contribution in [2.45, 2.75) is 17.3 Å². The lowest BCUT2D eigenvalue weighted by Crippen LogP contribution is -2.39. The molecular weight excluding hydrogens is 369 g/mol. The minimum absolute atomic E-state index is 0.351. The predicted octanol–water partition coefficient (Wildman–Crippen LogP) is 2.75. The molecule has 27 heavy (non-hydrogen) atoms. The Morgan fingerprint density at radius 2 is 1.78 bits per heavy atom. The van der Waals surface area contributed by atoms with Crippen molar-refractivity contribution >= 4 is 23.7 Å². The molecule has 0 unspecified atom stereocenters. The Morgan fingerprint density at radius 1 is 1.11 bits per heavy atom. The van der Waals surface area contributed by atoms with Crippen molar-refractivity contribution in [3.63, 3.8) is 0 Å². The number of carbonyl (C=O) groups is 2. The van der Waals surface area contributed by atoms with Gasteiger partial charge in [0, 0.05) is 11.3 Å². The average molecular weight is 385 g/mol. The van der Waals surface area contributed by atoms with Crippen molar-refractivity contribution in [3.8, 4) is 17.1 Å². The molecule has 0 saturated heterocycles. The summed E-state index contributed by atoms with van der Waals surface area (Å²) in [5.74, 6) is -0.375. The number of halogens is 1. The fourth-order valence-electron chi connectivity index (χ4n) is 2.38. The van der Waals surface area contributed by atoms with Crippen LogP contribution in [0.5, 0.6) is 0 Å². The van der Waals surface area contributed by atoms with Crippen LogP contribution in [-0.4, -0.2) is 32.0 Å². The standard InChI is InChI=1S/C18H16FN5O2S/c1-11(16(25)21-17(20)26)27-18-23-22-15(12-7-9-13(19)10-8-12)24(18)14-5-3-2-4-6-14/h2-11H,1H3,(H3,20,21,25,26)/t11-/m0/s1. The van der Waals surface area contributed by atoms with Crippen LogP contribution in [0.3, 0.4) is 0 Å². The third-order valence-electron chi connectivity index (χ3n) is 3.65. The maximum Gasteiger partial charge on any atom is 0.318 e. The number of imide groups is 1. The topological polar surface area (TPSA) is 103 Å². The molecule has 3 amide bonds. The molecule has 1 atom stereocenters. The highest BCUT2D eigenvalue weighted by Gasteiger charge is 2.22. The van der Waals surface area contributed by atoms with E-state index in [-0.39, 0.29) is 5.82 Å². The molecule has 7 nitrogen and oxygen atoms in total. The van der Waals surface area contributed by atoms with E-state index in [2.05, 4.69) is 10.2 Å². The number of hydrogen-bond acceptors (Lipinski definition) is 5. The summed E-state index contributed by atoms with van der Waals surface area (Å²) in [6.07, 6.45) is 0. The SMILES string of the molecule is C[C@H](Sc1nnc(-c2ccc(F)cc2)n1-c1ccccc1)C(=O)NC(N)=O. The number of hydrogen-bond donors (Lipinski definition) is 2. The van der Waals surface area contributed by atoms with E-state index in [1.54, 1.807) is 23.6 Å². The Labute approximate surface area is 158 Å². The van der Waals surface area contributed by atoms with Gasteiger partial charge in [0.05, 0.1) is 5.25 Å². The first-order valence-electron chi connectivity index (χ1n) is 7.99. The van der Waals surface area contributed by atoms with Gasteiger partial charge in [-0.1, -0.05) is 30.0 Å². The molecule has 3 aromatic rings. The van der Waals surface area contributed by atoms with Crippen LogP contribution in [0.25, 0.3) is 17.1 Å². The van der Waals surface area contributed by atoms with Crippen LogP contribution in [-0.2, 0) is 4.79 Å². The summed E-state index contributed by atoms with van der Waals surface area (Å²) in [6, 6.07) is 14.3. The lowest BCUT2D eigenvalue weighted by atomic mass is 10.2. The Kier molecular flexibility index (Phi) is 5.51. The van der Waals surface area contributed by atoms with Crippen LogP contribution in [0.2, 0.25) is 0 Å². The molecule has 0 spiro atoms. The van der Waals surface area contributed by atoms with Gasteiger partial charge in [-0.2, -0.15) is 0 Å². The number of urea groups is 1. The number of nitrogens with zero attached hydrogens (tertiary/aromatic N) is 3. The molecule has 0 saturated carbocycles. The third kappa shape index (κ3) is 4.32. The Hall–Kier alpha value is -3.20. The number of benzene rings is 2. The number of amides is 3. The van der Waals surface area contributed by atoms with Crippen molar-refractivity contribution < 1.29 is 14.0 Å². The normalized spacial score (nSPS) is 11.8. The second-order valence-corrected chi connectivity index (χ2v) is 6.91. The molecule has 1 heterocycles. The van der Waals surface area contributed by atoms with Crippen molar-refractivity contribution in [1.29, 1.82) is 0 Å². The lowest BCUT2D eigenvalue weighted by Gasteiger charge is -2.13. The summed E-state index contributed by atoms with van der Waals surface area (Å²) >= 11 is 1.13. The summed E-state index contributed by atoms with van der Waals surface area (Å²) in [5.41, 5.74) is 6.45. The van der Waals surface area contributed by atoms with E-state index in [1.165, 1.54) is 12.1 Å². The van der Waals surface area contributed by atoms with Crippen molar-refractivity contribution in [3.05, 3.63) is 60.4 Å². The van der Waals surface area contributed by atoms with Gasteiger partial charge in [0.2, 0.25) is 5.91 Å². The molecule has 0 aliphatic heterocycles. The minimum Gasteiger partial charge on any atom is -0.351 e. The largest absolute Gasteiger partial charge is 0.351 e. The first-order valence-corrected chi connectivity index (χ1v) is 8.87. The van der Waals surface area contributed by atoms with Crippen LogP contribution in [0.1, 0.15) is 6.92 Å². The van der Waals surface area contributed by atoms with Crippen molar-refractivity contribution in [1.82, 2.24) is 20.1 Å². The van der Waals surface area contributed by atoms with Gasteiger partial charge in [0.1, 0.15) is 5.82 Å². The molecular formula is C18H16FN5O2S. The van der Waals surface area contributed by atoms with E-state index in [9.17, 15) is 14.0 Å². The monoisotopic (exact) mass is 385 g/mol. The number of rotatable bonds is 5. The summed E-state index contributed by atoms with van der Waals surface area (Å²) in [7, 11) is 0. The van der Waals surface area contributed by atoms with Gasteiger partial charge in [-0.15, -0.1) is 10.2 Å². The van der Waals surface area contributed by atoms with Crippen molar-refractivity contribution in [2.24, 2.45) is 5.73 Å². The molecule has 138 valence electrons. The fourth-order valence-corrected chi connectivity index (χ4v) is 3.24. The molecule has 3 N–H and O–H groups in total. The number of nitrogens with one attached hydrogen (secondary N) is 1. The highest BCUT2D eigenvalue weighted by atomic mass is 32.2. The van der Waals surface area contributed by atoms with Crippen LogP contribution in [0.4, 0.5) is 9.18 Å². The maximum atomic E-state index is 13.3. The van der Waals surface area contributed by atoms with Gasteiger partial charge in [-0.3, -0.25) is 14.7 Å². The van der Waals surface area contributed by atoms with E-state index in [0.29, 0.717) is 16.5 Å². The van der Waals surface area contributed by atoms with Crippen LogP contribution in [0, 0.1) is 5.82 Å². The number of aromatic nitrogens is 3. The van der Waals surface area contributed by atoms with Gasteiger partial charge in [-0.05, 0) is 43.3 Å². The average Bonchev–Trinajstić information content (AvgIpc) is 3.06. The summed E-state index contributed by atoms with van der Waals surface area (Å²) < 4.78 is 15.0. The highest BCUT2D eigenvalue weighted by Crippen LogP contribution is 2.30. The molecule has 0 fully saturated rings. The summed E-state index contributed by atoms with van der Waals surface area (Å²) in [6.45, 7) is 1.63. The van der Waals surface area contributed by atoms with E-state index in [4.69, 9.17) is 5.73 Å². The van der Waals surface area contributed by atoms with Crippen LogP contribution < -0.4 is 11.1 Å². The Bertz CT molecular complexity index is 960. The number of carbonyl (C=O) groups excluding carboxylic acids is 2. The van der Waals surface area contributed by atoms with Crippen LogP contribution in [0.15, 0.2) is 59.8 Å². The van der Waals surface area contributed by atoms with Gasteiger partial charge in [-0.25, -0.2) is 9.18 Å². The Morgan fingerprint density at radius 3 is 2.41 bits per heavy atom. The number of primary amides is 1. The number of para-hydroxylation sites is 1. The zero-order chi connectivity index (χ0) is 19.4. The smallest absolute Gasteiger partial charge is 0.318 e. The second kappa shape index (κ2) is 8.00. The minimum atomic E-state index is -0.913. The van der Waals surface area contributed by atoms with E-state index in [1.807, 2.05) is 35.6 Å². The number of thioether (sulfide) groups is 1. The van der Waals surface area contributed by atoms with E-state index < -0.39 is 17.2 Å². The van der Waals surface area contributed by atoms with Crippen LogP contribution >= 0.6 is 11.8 Å². The fraction of sp³-hybridized carbons (Fsp3) is 0.111. The zero-order valence-electron chi connectivity index (χ0n) is 14.3. The molecule has 3 rings (SSSR count). The maximum absolute atomic E-state index is 13.3. The lowest BCUT2D eigenvalue weighted by molar-refractivity contribution is -0.119. The first kappa shape index (κ1) is 18.6. The van der Waals surface area contributed by atoms with Gasteiger partial charge in [0.25, 0.3) is 0 Å². The van der Waals surface area contributed by atoms with Gasteiger partial charge >= 0.3 is 6.03 Å². The Balaban J connectivity index is 2.01. The van der Waals surface area contributed by atoms with E-state index in [0.717, 1.165) is 17.4 Å². The van der Waals surface area contributed by atoms with Gasteiger partial charge < -0.3 is 5.73 Å². The van der Waals surface area contributed by atoms with E-state index >= 15 is 0 Å². The summed E-state index contributed by atoms with van der Waals surface area (Å²) in [5, 5.41) is 10.3. The van der Waals surface area contributed by atoms with Gasteiger partial charge in [0.15, 0.2) is 11.0 Å². The molecule has 9 heteroatoms. The molecule has 2 aromatic carbocycles. The molecule has 1 aromatic heterocycles. The summed E-state index contributed by atoms with van der Waals surface area (Å²) in [4.78, 5) is 22.9. The molecule has 0 bridgehead atoms. The number of nitrogens with two attached hydrogens (primary N) is 1. The second-order valence-electron chi connectivity index (χ2n) is 5.60. The zero-order valence-corrected chi connectivity index (χ0v) is 15.1. The third-order valence-corrected chi connectivity index (χ3v) is 4.69. The molecule has 0 aliphatic carbocycles. The quantitative estimate of drug-likeness (QED) is 0.658. The predicted molar refractivity (Wildman–Crippen MR) is 99.8 cm³/mol. The first-order chi connectivity index (χ1) is 13.0. The molecule has 0 aliphatic rings.